The molecule has 3 fully saturated rings. The van der Waals surface area contributed by atoms with Gasteiger partial charge in [-0.1, -0.05) is 11.6 Å². The molecule has 2 heterocycles. The van der Waals surface area contributed by atoms with Gasteiger partial charge in [0.1, 0.15) is 15.7 Å². The molecule has 1 saturated carbocycles. The Hall–Kier alpha value is -3.19. The fourth-order valence-electron chi connectivity index (χ4n) is 4.28. The fraction of sp³-hybridized carbons (Fsp3) is 0.450. The number of hydrogen-bond acceptors (Lipinski definition) is 9. The van der Waals surface area contributed by atoms with Crippen LogP contribution in [0.4, 0.5) is 0 Å². The normalized spacial score (nSPS) is 28.3. The van der Waals surface area contributed by atoms with Crippen molar-refractivity contribution in [3.63, 3.8) is 0 Å². The molecule has 0 bridgehead atoms. The lowest BCUT2D eigenvalue weighted by Gasteiger charge is -2.35. The minimum absolute atomic E-state index is 0.164. The summed E-state index contributed by atoms with van der Waals surface area (Å²) in [5.74, 6) is -4.60. The Bertz CT molecular complexity index is 1270. The largest absolute Gasteiger partial charge is 0.504 e. The van der Waals surface area contributed by atoms with Crippen molar-refractivity contribution in [2.24, 2.45) is 4.99 Å². The smallest absolute Gasteiger partial charge is 0.328 e. The summed E-state index contributed by atoms with van der Waals surface area (Å²) in [6, 6.07) is 0.576. The lowest BCUT2D eigenvalue weighted by Crippen LogP contribution is -2.57. The van der Waals surface area contributed by atoms with Gasteiger partial charge in [0, 0.05) is 6.21 Å². The molecule has 4 N–H and O–H groups in total. The monoisotopic (exact) mass is 513 g/mol. The first-order valence-electron chi connectivity index (χ1n) is 10.1. The van der Waals surface area contributed by atoms with Gasteiger partial charge in [0.25, 0.3) is 5.91 Å². The van der Waals surface area contributed by atoms with E-state index in [1.54, 1.807) is 0 Å². The van der Waals surface area contributed by atoms with Crippen LogP contribution >= 0.6 is 11.6 Å². The molecule has 0 radical (unpaired) electrons. The Kier molecular flexibility index (Phi) is 5.40. The Balaban J connectivity index is 1.50. The maximum absolute atomic E-state index is 12.9. The number of rotatable bonds is 7. The van der Waals surface area contributed by atoms with Crippen molar-refractivity contribution >= 4 is 51.2 Å². The zero-order chi connectivity index (χ0) is 25.2. The lowest BCUT2D eigenvalue weighted by molar-refractivity contribution is -0.156. The Labute approximate surface area is 198 Å². The highest BCUT2D eigenvalue weighted by Gasteiger charge is 2.69. The number of aliphatic carboxylic acids is 1. The van der Waals surface area contributed by atoms with Crippen LogP contribution in [0.3, 0.4) is 0 Å². The third kappa shape index (κ3) is 3.33. The zero-order valence-electron chi connectivity index (χ0n) is 17.7. The summed E-state index contributed by atoms with van der Waals surface area (Å²) >= 11 is 5.89. The van der Waals surface area contributed by atoms with Crippen LogP contribution in [-0.2, 0) is 24.2 Å². The first-order valence-corrected chi connectivity index (χ1v) is 12.0. The van der Waals surface area contributed by atoms with E-state index in [0.717, 1.165) is 24.1 Å². The van der Waals surface area contributed by atoms with E-state index in [-0.39, 0.29) is 24.8 Å². The van der Waals surface area contributed by atoms with Crippen LogP contribution in [0.5, 0.6) is 11.5 Å². The number of aromatic hydroxyl groups is 2. The number of nitrogens with one attached hydrogen (secondary N) is 1. The third-order valence-electron chi connectivity index (χ3n) is 6.53. The molecule has 182 valence electrons. The van der Waals surface area contributed by atoms with Crippen LogP contribution in [0.1, 0.15) is 36.5 Å². The third-order valence-corrected chi connectivity index (χ3v) is 9.58. The summed E-state index contributed by atoms with van der Waals surface area (Å²) in [4.78, 5) is 53.6. The van der Waals surface area contributed by atoms with Crippen molar-refractivity contribution in [3.05, 3.63) is 22.7 Å². The van der Waals surface area contributed by atoms with Gasteiger partial charge in [-0.15, -0.1) is 0 Å². The Morgan fingerprint density at radius 2 is 1.94 bits per heavy atom. The molecule has 3 atom stereocenters. The van der Waals surface area contributed by atoms with Gasteiger partial charge < -0.3 is 25.5 Å². The number of Topliss-reactive ketones (excluding diaryl/α,β-unsaturated/α-hetero) is 1. The Morgan fingerprint density at radius 1 is 1.29 bits per heavy atom. The van der Waals surface area contributed by atoms with Gasteiger partial charge in [-0.25, -0.2) is 13.2 Å². The predicted octanol–water partition coefficient (Wildman–Crippen LogP) is -0.148. The quantitative estimate of drug-likeness (QED) is 0.218. The van der Waals surface area contributed by atoms with E-state index in [9.17, 15) is 42.9 Å². The number of nitrogens with zero attached hydrogens (tertiary/aromatic N) is 2. The number of amides is 2. The topological polar surface area (TPSA) is 191 Å². The van der Waals surface area contributed by atoms with Crippen LogP contribution in [0.2, 0.25) is 5.02 Å². The molecule has 34 heavy (non-hydrogen) atoms. The second-order valence-electron chi connectivity index (χ2n) is 8.65. The summed E-state index contributed by atoms with van der Waals surface area (Å²) < 4.78 is 23.7. The molecule has 1 aromatic carbocycles. The highest BCUT2D eigenvalue weighted by Crippen LogP contribution is 2.45. The molecule has 2 amide bonds. The molecule has 1 aromatic rings. The summed E-state index contributed by atoms with van der Waals surface area (Å²) in [6.07, 6.45) is 1.15. The minimum atomic E-state index is -4.10. The van der Waals surface area contributed by atoms with E-state index in [1.807, 2.05) is 0 Å². The molecular weight excluding hydrogens is 494 g/mol. The summed E-state index contributed by atoms with van der Waals surface area (Å²) in [5.41, 5.74) is -1.44. The molecule has 12 nitrogen and oxygen atoms in total. The highest BCUT2D eigenvalue weighted by atomic mass is 35.5. The molecule has 2 aliphatic heterocycles. The fourth-order valence-corrected chi connectivity index (χ4v) is 6.76. The molecule has 0 unspecified atom stereocenters. The minimum Gasteiger partial charge on any atom is -0.504 e. The van der Waals surface area contributed by atoms with E-state index in [4.69, 9.17) is 11.6 Å². The van der Waals surface area contributed by atoms with E-state index in [1.165, 1.54) is 6.07 Å². The first-order chi connectivity index (χ1) is 15.8. The van der Waals surface area contributed by atoms with Crippen LogP contribution in [-0.4, -0.2) is 86.7 Å². The number of benzene rings is 1. The van der Waals surface area contributed by atoms with Crippen molar-refractivity contribution in [1.82, 2.24) is 10.2 Å². The highest BCUT2D eigenvalue weighted by molar-refractivity contribution is 7.94. The maximum Gasteiger partial charge on any atom is 0.328 e. The molecule has 0 spiro atoms. The number of carbonyl (C=O) groups excluding carboxylic acids is 3. The van der Waals surface area contributed by atoms with Crippen molar-refractivity contribution in [1.29, 1.82) is 0 Å². The average molecular weight is 514 g/mol. The van der Waals surface area contributed by atoms with E-state index >= 15 is 0 Å². The lowest BCUT2D eigenvalue weighted by atomic mass is 9.97. The van der Waals surface area contributed by atoms with Gasteiger partial charge in [-0.05, 0) is 31.9 Å². The van der Waals surface area contributed by atoms with E-state index in [0.29, 0.717) is 0 Å². The van der Waals surface area contributed by atoms with Crippen LogP contribution < -0.4 is 5.32 Å². The second-order valence-corrected chi connectivity index (χ2v) is 11.5. The van der Waals surface area contributed by atoms with Crippen molar-refractivity contribution in [2.75, 3.05) is 6.54 Å². The van der Waals surface area contributed by atoms with E-state index in [2.05, 4.69) is 10.3 Å². The van der Waals surface area contributed by atoms with E-state index < -0.39 is 78.2 Å². The summed E-state index contributed by atoms with van der Waals surface area (Å²) in [7, 11) is -4.10. The number of carbonyl (C=O) groups is 4. The van der Waals surface area contributed by atoms with Gasteiger partial charge >= 0.3 is 5.97 Å². The van der Waals surface area contributed by atoms with Crippen molar-refractivity contribution in [3.8, 4) is 11.5 Å². The molecule has 4 rings (SSSR count). The van der Waals surface area contributed by atoms with Gasteiger partial charge in [0.2, 0.25) is 5.91 Å². The first kappa shape index (κ1) is 24.0. The predicted molar refractivity (Wildman–Crippen MR) is 117 cm³/mol. The number of carboxylic acid groups (broad SMARTS) is 1. The zero-order valence-corrected chi connectivity index (χ0v) is 19.3. The number of phenolic OH excluding ortho intramolecular Hbond substituents is 2. The number of aliphatic imine (C=N–C) groups is 1. The second kappa shape index (κ2) is 7.67. The van der Waals surface area contributed by atoms with Crippen LogP contribution in [0.15, 0.2) is 17.1 Å². The SMILES string of the molecule is C[C@]1(C=NCC(=O)C2(NC(=O)c3ccc(O)c(O)c3Cl)CC2)[C@H](C(=O)O)N2C(=O)C[C@H]2S1(=O)=O. The number of phenols is 2. The number of fused-ring (bicyclic) bond motifs is 1. The summed E-state index contributed by atoms with van der Waals surface area (Å²) in [6.45, 7) is 0.611. The van der Waals surface area contributed by atoms with Gasteiger partial charge in [0.05, 0.1) is 23.6 Å². The number of β-lactam (4-membered cyclic amide) rings is 1. The van der Waals surface area contributed by atoms with Crippen LogP contribution in [0.25, 0.3) is 0 Å². The molecule has 14 heteroatoms. The van der Waals surface area contributed by atoms with Gasteiger partial charge in [0.15, 0.2) is 33.2 Å². The Morgan fingerprint density at radius 3 is 2.50 bits per heavy atom. The van der Waals surface area contributed by atoms with Crippen molar-refractivity contribution in [2.45, 2.75) is 47.9 Å². The average Bonchev–Trinajstić information content (AvgIpc) is 3.51. The number of ketones is 1. The van der Waals surface area contributed by atoms with Crippen LogP contribution in [0, 0.1) is 0 Å². The number of halogens is 1. The standard InChI is InChI=1S/C20H20ClN3O9S/c1-19(16(18(30)31)24-12(27)6-13(24)34(19,32)33)8-22-7-11(26)20(4-5-20)23-17(29)9-2-3-10(25)15(28)14(9)21/h2-3,8,13,16,25,28H,4-7H2,1H3,(H,23,29)(H,30,31)/t13-,16+,19+/m1/s1. The number of hydrogen-bond donors (Lipinski definition) is 4. The maximum atomic E-state index is 12.9. The molecule has 1 aliphatic carbocycles. The molecule has 3 aliphatic rings. The van der Waals surface area contributed by atoms with Crippen molar-refractivity contribution < 1.29 is 42.9 Å². The molecule has 2 saturated heterocycles. The molecule has 0 aromatic heterocycles. The number of carboxylic acids is 1. The van der Waals surface area contributed by atoms with Gasteiger partial charge in [-0.2, -0.15) is 0 Å². The number of sulfone groups is 1. The summed E-state index contributed by atoms with van der Waals surface area (Å²) in [5, 5.41) is 29.6. The van der Waals surface area contributed by atoms with Gasteiger partial charge in [-0.3, -0.25) is 19.4 Å². The molecular formula is C20H20ClN3O9S.